The summed E-state index contributed by atoms with van der Waals surface area (Å²) in [6.07, 6.45) is 8.54. The Kier molecular flexibility index (Phi) is 2.66. The quantitative estimate of drug-likeness (QED) is 0.674. The third-order valence-electron chi connectivity index (χ3n) is 3.51. The van der Waals surface area contributed by atoms with Gasteiger partial charge in [-0.15, -0.1) is 0 Å². The monoisotopic (exact) mass is 168 g/mol. The fourth-order valence-corrected chi connectivity index (χ4v) is 2.61. The lowest BCUT2D eigenvalue weighted by Gasteiger charge is -2.47. The van der Waals surface area contributed by atoms with Crippen molar-refractivity contribution < 1.29 is 0 Å². The lowest BCUT2D eigenvalue weighted by atomic mass is 9.89. The van der Waals surface area contributed by atoms with Crippen LogP contribution in [0.2, 0.25) is 0 Å². The Morgan fingerprint density at radius 1 is 1.08 bits per heavy atom. The Morgan fingerprint density at radius 3 is 2.33 bits per heavy atom. The highest BCUT2D eigenvalue weighted by Gasteiger charge is 2.32. The van der Waals surface area contributed by atoms with Gasteiger partial charge in [0, 0.05) is 25.2 Å². The first-order valence-corrected chi connectivity index (χ1v) is 5.37. The zero-order valence-corrected chi connectivity index (χ0v) is 7.84. The van der Waals surface area contributed by atoms with E-state index in [1.54, 1.807) is 0 Å². The van der Waals surface area contributed by atoms with E-state index in [2.05, 4.69) is 4.90 Å². The molecule has 0 aromatic heterocycles. The van der Waals surface area contributed by atoms with Crippen LogP contribution in [0.4, 0.5) is 0 Å². The third-order valence-corrected chi connectivity index (χ3v) is 3.51. The Labute approximate surface area is 75.1 Å². The third kappa shape index (κ3) is 1.50. The largest absolute Gasteiger partial charge is 0.329 e. The van der Waals surface area contributed by atoms with E-state index < -0.39 is 0 Å². The van der Waals surface area contributed by atoms with E-state index in [-0.39, 0.29) is 0 Å². The molecule has 0 spiro atoms. The van der Waals surface area contributed by atoms with Gasteiger partial charge in [-0.25, -0.2) is 0 Å². The van der Waals surface area contributed by atoms with Crippen molar-refractivity contribution >= 4 is 0 Å². The zero-order chi connectivity index (χ0) is 8.39. The van der Waals surface area contributed by atoms with E-state index in [1.807, 2.05) is 0 Å². The molecule has 70 valence electrons. The first-order chi connectivity index (χ1) is 5.92. The van der Waals surface area contributed by atoms with Gasteiger partial charge in [-0.2, -0.15) is 0 Å². The molecule has 0 radical (unpaired) electrons. The van der Waals surface area contributed by atoms with Crippen molar-refractivity contribution in [1.82, 2.24) is 4.90 Å². The van der Waals surface area contributed by atoms with Crippen LogP contribution >= 0.6 is 0 Å². The van der Waals surface area contributed by atoms with Crippen LogP contribution < -0.4 is 5.73 Å². The van der Waals surface area contributed by atoms with Gasteiger partial charge in [0.05, 0.1) is 0 Å². The smallest absolute Gasteiger partial charge is 0.0233 e. The lowest BCUT2D eigenvalue weighted by Crippen LogP contribution is -2.56. The SMILES string of the molecule is NCC1CCN1C1CCCCC1. The van der Waals surface area contributed by atoms with Crippen molar-refractivity contribution in [3.8, 4) is 0 Å². The molecule has 1 aliphatic heterocycles. The summed E-state index contributed by atoms with van der Waals surface area (Å²) in [6.45, 7) is 2.18. The molecular weight excluding hydrogens is 148 g/mol. The second-order valence-electron chi connectivity index (χ2n) is 4.21. The molecule has 1 heterocycles. The Hall–Kier alpha value is -0.0800. The molecule has 1 aliphatic carbocycles. The maximum absolute atomic E-state index is 5.69. The van der Waals surface area contributed by atoms with Crippen molar-refractivity contribution in [3.63, 3.8) is 0 Å². The van der Waals surface area contributed by atoms with Crippen molar-refractivity contribution in [2.45, 2.75) is 50.6 Å². The van der Waals surface area contributed by atoms with Gasteiger partial charge in [-0.05, 0) is 19.3 Å². The summed E-state index contributed by atoms with van der Waals surface area (Å²) >= 11 is 0. The van der Waals surface area contributed by atoms with Gasteiger partial charge in [-0.3, -0.25) is 4.90 Å². The molecule has 2 heteroatoms. The highest BCUT2D eigenvalue weighted by molar-refractivity contribution is 4.89. The second kappa shape index (κ2) is 3.75. The van der Waals surface area contributed by atoms with E-state index in [9.17, 15) is 0 Å². The van der Waals surface area contributed by atoms with E-state index >= 15 is 0 Å². The minimum Gasteiger partial charge on any atom is -0.329 e. The van der Waals surface area contributed by atoms with Crippen LogP contribution in [0.3, 0.4) is 0 Å². The molecule has 0 amide bonds. The molecule has 12 heavy (non-hydrogen) atoms. The molecule has 2 fully saturated rings. The normalized spacial score (nSPS) is 33.2. The summed E-state index contributed by atoms with van der Waals surface area (Å²) in [6, 6.07) is 1.62. The van der Waals surface area contributed by atoms with Crippen LogP contribution in [0.15, 0.2) is 0 Å². The number of hydrogen-bond donors (Lipinski definition) is 1. The predicted molar refractivity (Wildman–Crippen MR) is 51.0 cm³/mol. The summed E-state index contributed by atoms with van der Waals surface area (Å²) in [5.74, 6) is 0. The molecule has 2 rings (SSSR count). The molecule has 1 saturated carbocycles. The van der Waals surface area contributed by atoms with Crippen LogP contribution in [-0.2, 0) is 0 Å². The average molecular weight is 168 g/mol. The Morgan fingerprint density at radius 2 is 1.83 bits per heavy atom. The minimum atomic E-state index is 0.730. The van der Waals surface area contributed by atoms with Gasteiger partial charge in [0.1, 0.15) is 0 Å². The molecule has 0 aromatic rings. The first kappa shape index (κ1) is 8.52. The molecular formula is C10H20N2. The fourth-order valence-electron chi connectivity index (χ4n) is 2.61. The van der Waals surface area contributed by atoms with Crippen LogP contribution in [0.5, 0.6) is 0 Å². The second-order valence-corrected chi connectivity index (χ2v) is 4.21. The lowest BCUT2D eigenvalue weighted by molar-refractivity contribution is 0.0289. The summed E-state index contributed by atoms with van der Waals surface area (Å²) in [5, 5.41) is 0. The topological polar surface area (TPSA) is 29.3 Å². The van der Waals surface area contributed by atoms with Crippen LogP contribution in [0.25, 0.3) is 0 Å². The highest BCUT2D eigenvalue weighted by atomic mass is 15.2. The molecule has 0 aromatic carbocycles. The van der Waals surface area contributed by atoms with Gasteiger partial charge in [0.15, 0.2) is 0 Å². The molecule has 1 unspecified atom stereocenters. The van der Waals surface area contributed by atoms with Gasteiger partial charge >= 0.3 is 0 Å². The molecule has 1 saturated heterocycles. The van der Waals surface area contributed by atoms with E-state index in [1.165, 1.54) is 45.1 Å². The van der Waals surface area contributed by atoms with Crippen molar-refractivity contribution in [2.24, 2.45) is 5.73 Å². The van der Waals surface area contributed by atoms with Gasteiger partial charge < -0.3 is 5.73 Å². The first-order valence-electron chi connectivity index (χ1n) is 5.37. The van der Waals surface area contributed by atoms with Gasteiger partial charge in [0.25, 0.3) is 0 Å². The highest BCUT2D eigenvalue weighted by Crippen LogP contribution is 2.29. The van der Waals surface area contributed by atoms with Crippen LogP contribution in [0.1, 0.15) is 38.5 Å². The predicted octanol–water partition coefficient (Wildman–Crippen LogP) is 1.35. The number of hydrogen-bond acceptors (Lipinski definition) is 2. The van der Waals surface area contributed by atoms with Crippen molar-refractivity contribution in [3.05, 3.63) is 0 Å². The fraction of sp³-hybridized carbons (Fsp3) is 1.00. The minimum absolute atomic E-state index is 0.730. The zero-order valence-electron chi connectivity index (χ0n) is 7.84. The molecule has 0 bridgehead atoms. The number of likely N-dealkylation sites (tertiary alicyclic amines) is 1. The Balaban J connectivity index is 1.82. The summed E-state index contributed by atoms with van der Waals surface area (Å²) < 4.78 is 0. The van der Waals surface area contributed by atoms with Gasteiger partial charge in [0.2, 0.25) is 0 Å². The number of nitrogens with two attached hydrogens (primary N) is 1. The molecule has 1 atom stereocenters. The Bertz CT molecular complexity index is 139. The van der Waals surface area contributed by atoms with E-state index in [0.717, 1.165) is 18.6 Å². The molecule has 2 N–H and O–H groups in total. The molecule has 2 nitrogen and oxygen atoms in total. The van der Waals surface area contributed by atoms with E-state index in [4.69, 9.17) is 5.73 Å². The van der Waals surface area contributed by atoms with Crippen LogP contribution in [-0.4, -0.2) is 30.1 Å². The van der Waals surface area contributed by atoms with Gasteiger partial charge in [-0.1, -0.05) is 19.3 Å². The van der Waals surface area contributed by atoms with Crippen LogP contribution in [0, 0.1) is 0 Å². The summed E-state index contributed by atoms with van der Waals surface area (Å²) in [4.78, 5) is 2.64. The molecule has 2 aliphatic rings. The number of nitrogens with zero attached hydrogens (tertiary/aromatic N) is 1. The maximum Gasteiger partial charge on any atom is 0.0233 e. The standard InChI is InChI=1S/C10H20N2/c11-8-10-6-7-12(10)9-4-2-1-3-5-9/h9-10H,1-8,11H2. The summed E-state index contributed by atoms with van der Waals surface area (Å²) in [7, 11) is 0. The summed E-state index contributed by atoms with van der Waals surface area (Å²) in [5.41, 5.74) is 5.69. The maximum atomic E-state index is 5.69. The van der Waals surface area contributed by atoms with Crippen molar-refractivity contribution in [1.29, 1.82) is 0 Å². The number of rotatable bonds is 2. The average Bonchev–Trinajstić information content (AvgIpc) is 2.05. The van der Waals surface area contributed by atoms with Crippen molar-refractivity contribution in [2.75, 3.05) is 13.1 Å². The van der Waals surface area contributed by atoms with E-state index in [0.29, 0.717) is 0 Å².